The van der Waals surface area contributed by atoms with E-state index >= 15 is 0 Å². The molecule has 1 saturated heterocycles. The fourth-order valence-corrected chi connectivity index (χ4v) is 4.32. The molecule has 34 heavy (non-hydrogen) atoms. The van der Waals surface area contributed by atoms with Crippen molar-refractivity contribution in [2.24, 2.45) is 5.92 Å². The first-order chi connectivity index (χ1) is 16.6. The largest absolute Gasteiger partial charge is 0.491 e. The number of aromatic nitrogens is 2. The van der Waals surface area contributed by atoms with Crippen LogP contribution in [0, 0.1) is 5.92 Å². The van der Waals surface area contributed by atoms with Gasteiger partial charge in [-0.3, -0.25) is 9.69 Å². The lowest BCUT2D eigenvalue weighted by molar-refractivity contribution is -0.126. The average molecular weight is 463 g/mol. The Morgan fingerprint density at radius 3 is 2.88 bits per heavy atom. The van der Waals surface area contributed by atoms with Gasteiger partial charge in [-0.05, 0) is 63.8 Å². The summed E-state index contributed by atoms with van der Waals surface area (Å²) in [4.78, 5) is 19.5. The van der Waals surface area contributed by atoms with E-state index in [1.807, 2.05) is 56.3 Å². The SMILES string of the molecule is CC(C)Oc1cccc(CCCNC(=O)C2CCCN(Cc3nc(-c4ccccc4)no3)C2)c1. The minimum Gasteiger partial charge on any atom is -0.491 e. The fourth-order valence-electron chi connectivity index (χ4n) is 4.32. The summed E-state index contributed by atoms with van der Waals surface area (Å²) in [7, 11) is 0. The Bertz CT molecular complexity index is 1050. The molecular formula is C27H34N4O3. The number of ether oxygens (including phenoxy) is 1. The molecule has 7 heteroatoms. The summed E-state index contributed by atoms with van der Waals surface area (Å²) in [5, 5.41) is 7.23. The summed E-state index contributed by atoms with van der Waals surface area (Å²) in [6.07, 6.45) is 3.87. The average Bonchev–Trinajstić information content (AvgIpc) is 3.31. The van der Waals surface area contributed by atoms with Gasteiger partial charge in [-0.25, -0.2) is 0 Å². The molecule has 7 nitrogen and oxygen atoms in total. The van der Waals surface area contributed by atoms with Crippen LogP contribution in [0.15, 0.2) is 59.1 Å². The van der Waals surface area contributed by atoms with Gasteiger partial charge in [-0.2, -0.15) is 4.98 Å². The maximum absolute atomic E-state index is 12.8. The zero-order valence-electron chi connectivity index (χ0n) is 20.1. The minimum atomic E-state index is -0.00645. The number of likely N-dealkylation sites (tertiary alicyclic amines) is 1. The maximum atomic E-state index is 12.8. The van der Waals surface area contributed by atoms with Crippen LogP contribution in [0.1, 0.15) is 44.6 Å². The highest BCUT2D eigenvalue weighted by Gasteiger charge is 2.26. The number of nitrogens with one attached hydrogen (secondary N) is 1. The fraction of sp³-hybridized carbons (Fsp3) is 0.444. The number of nitrogens with zero attached hydrogens (tertiary/aromatic N) is 3. The number of carbonyl (C=O) groups is 1. The maximum Gasteiger partial charge on any atom is 0.241 e. The van der Waals surface area contributed by atoms with E-state index in [1.165, 1.54) is 5.56 Å². The predicted molar refractivity (Wildman–Crippen MR) is 131 cm³/mol. The number of carbonyl (C=O) groups excluding carboxylic acids is 1. The molecule has 0 aliphatic carbocycles. The number of hydrogen-bond donors (Lipinski definition) is 1. The molecule has 1 atom stereocenters. The first kappa shape index (κ1) is 24.0. The Kier molecular flexibility index (Phi) is 8.31. The molecule has 0 bridgehead atoms. The van der Waals surface area contributed by atoms with Crippen LogP contribution < -0.4 is 10.1 Å². The van der Waals surface area contributed by atoms with Crippen LogP contribution in [0.2, 0.25) is 0 Å². The Labute approximate surface area is 201 Å². The van der Waals surface area contributed by atoms with Crippen molar-refractivity contribution < 1.29 is 14.1 Å². The second-order valence-corrected chi connectivity index (χ2v) is 9.16. The molecule has 180 valence electrons. The van der Waals surface area contributed by atoms with Crippen molar-refractivity contribution in [1.82, 2.24) is 20.4 Å². The quantitative estimate of drug-likeness (QED) is 0.447. The van der Waals surface area contributed by atoms with Crippen LogP contribution in [0.4, 0.5) is 0 Å². The second-order valence-electron chi connectivity index (χ2n) is 9.16. The van der Waals surface area contributed by atoms with Gasteiger partial charge in [0, 0.05) is 18.7 Å². The lowest BCUT2D eigenvalue weighted by Gasteiger charge is -2.30. The number of aryl methyl sites for hydroxylation is 1. The lowest BCUT2D eigenvalue weighted by atomic mass is 9.97. The molecule has 2 aromatic carbocycles. The molecule has 1 fully saturated rings. The summed E-state index contributed by atoms with van der Waals surface area (Å²) < 4.78 is 11.2. The molecule has 1 aliphatic rings. The standard InChI is InChI=1S/C27H34N4O3/c1-20(2)33-24-14-6-9-21(17-24)10-7-15-28-27(32)23-13-8-16-31(18-23)19-25-29-26(30-34-25)22-11-4-3-5-12-22/h3-6,9,11-12,14,17,20,23H,7-8,10,13,15-16,18-19H2,1-2H3,(H,28,32). The highest BCUT2D eigenvalue weighted by Crippen LogP contribution is 2.21. The van der Waals surface area contributed by atoms with Crippen molar-refractivity contribution in [3.8, 4) is 17.1 Å². The topological polar surface area (TPSA) is 80.5 Å². The van der Waals surface area contributed by atoms with Crippen molar-refractivity contribution >= 4 is 5.91 Å². The van der Waals surface area contributed by atoms with Gasteiger partial charge in [0.1, 0.15) is 5.75 Å². The van der Waals surface area contributed by atoms with Crippen molar-refractivity contribution in [2.45, 2.75) is 52.2 Å². The summed E-state index contributed by atoms with van der Waals surface area (Å²) in [5.41, 5.74) is 2.17. The molecule has 0 spiro atoms. The van der Waals surface area contributed by atoms with Gasteiger partial charge in [0.15, 0.2) is 0 Å². The van der Waals surface area contributed by atoms with E-state index in [4.69, 9.17) is 9.26 Å². The Balaban J connectivity index is 1.20. The summed E-state index contributed by atoms with van der Waals surface area (Å²) in [6, 6.07) is 18.0. The molecule has 1 amide bonds. The first-order valence-electron chi connectivity index (χ1n) is 12.2. The van der Waals surface area contributed by atoms with E-state index in [2.05, 4.69) is 32.5 Å². The van der Waals surface area contributed by atoms with Gasteiger partial charge in [0.05, 0.1) is 18.6 Å². The molecule has 1 aliphatic heterocycles. The number of rotatable bonds is 10. The van der Waals surface area contributed by atoms with E-state index in [0.29, 0.717) is 31.3 Å². The van der Waals surface area contributed by atoms with Crippen LogP contribution in [-0.4, -0.2) is 46.7 Å². The van der Waals surface area contributed by atoms with Gasteiger partial charge in [0.2, 0.25) is 17.6 Å². The third kappa shape index (κ3) is 6.90. The smallest absolute Gasteiger partial charge is 0.241 e. The summed E-state index contributed by atoms with van der Waals surface area (Å²) in [6.45, 7) is 6.94. The zero-order chi connectivity index (χ0) is 23.8. The predicted octanol–water partition coefficient (Wildman–Crippen LogP) is 4.48. The van der Waals surface area contributed by atoms with Crippen molar-refractivity contribution in [3.05, 3.63) is 66.1 Å². The number of benzene rings is 2. The molecule has 1 aromatic heterocycles. The highest BCUT2D eigenvalue weighted by atomic mass is 16.5. The number of hydrogen-bond acceptors (Lipinski definition) is 6. The van der Waals surface area contributed by atoms with Crippen molar-refractivity contribution in [3.63, 3.8) is 0 Å². The summed E-state index contributed by atoms with van der Waals surface area (Å²) in [5.74, 6) is 2.22. The number of piperidine rings is 1. The highest BCUT2D eigenvalue weighted by molar-refractivity contribution is 5.78. The van der Waals surface area contributed by atoms with Crippen LogP contribution in [-0.2, 0) is 17.8 Å². The van der Waals surface area contributed by atoms with Crippen LogP contribution >= 0.6 is 0 Å². The minimum absolute atomic E-state index is 0.00645. The zero-order valence-corrected chi connectivity index (χ0v) is 20.1. The van der Waals surface area contributed by atoms with Gasteiger partial charge >= 0.3 is 0 Å². The van der Waals surface area contributed by atoms with E-state index in [-0.39, 0.29) is 17.9 Å². The van der Waals surface area contributed by atoms with Gasteiger partial charge in [0.25, 0.3) is 0 Å². The molecule has 1 N–H and O–H groups in total. The van der Waals surface area contributed by atoms with E-state index in [1.54, 1.807) is 0 Å². The van der Waals surface area contributed by atoms with Gasteiger partial charge in [-0.1, -0.05) is 47.6 Å². The molecule has 0 radical (unpaired) electrons. The van der Waals surface area contributed by atoms with E-state index in [0.717, 1.165) is 43.5 Å². The third-order valence-electron chi connectivity index (χ3n) is 5.95. The lowest BCUT2D eigenvalue weighted by Crippen LogP contribution is -2.43. The monoisotopic (exact) mass is 462 g/mol. The molecule has 4 rings (SSSR count). The van der Waals surface area contributed by atoms with Gasteiger partial charge < -0.3 is 14.6 Å². The molecule has 2 heterocycles. The molecule has 3 aromatic rings. The first-order valence-corrected chi connectivity index (χ1v) is 12.2. The van der Waals surface area contributed by atoms with Crippen LogP contribution in [0.25, 0.3) is 11.4 Å². The van der Waals surface area contributed by atoms with E-state index in [9.17, 15) is 4.79 Å². The Morgan fingerprint density at radius 2 is 2.06 bits per heavy atom. The Hall–Kier alpha value is -3.19. The summed E-state index contributed by atoms with van der Waals surface area (Å²) >= 11 is 0. The van der Waals surface area contributed by atoms with Crippen LogP contribution in [0.5, 0.6) is 5.75 Å². The number of amides is 1. The van der Waals surface area contributed by atoms with Crippen LogP contribution in [0.3, 0.4) is 0 Å². The van der Waals surface area contributed by atoms with E-state index < -0.39 is 0 Å². The van der Waals surface area contributed by atoms with Gasteiger partial charge in [-0.15, -0.1) is 0 Å². The molecule has 0 saturated carbocycles. The Morgan fingerprint density at radius 1 is 1.21 bits per heavy atom. The molecule has 1 unspecified atom stereocenters. The third-order valence-corrected chi connectivity index (χ3v) is 5.95. The van der Waals surface area contributed by atoms with Crippen molar-refractivity contribution in [2.75, 3.05) is 19.6 Å². The second kappa shape index (κ2) is 11.8. The normalized spacial score (nSPS) is 16.5. The van der Waals surface area contributed by atoms with Crippen molar-refractivity contribution in [1.29, 1.82) is 0 Å². The molecular weight excluding hydrogens is 428 g/mol.